The smallest absolute Gasteiger partial charge is 0.173 e. The van der Waals surface area contributed by atoms with Gasteiger partial charge in [0.05, 0.1) is 4.47 Å². The zero-order chi connectivity index (χ0) is 15.6. The van der Waals surface area contributed by atoms with Gasteiger partial charge in [0.25, 0.3) is 0 Å². The Morgan fingerprint density at radius 1 is 1.14 bits per heavy atom. The SMILES string of the molecule is CC(C)(C)NCc1cnc(-c2ccc(F)c(F)c2Br)nc1. The van der Waals surface area contributed by atoms with Gasteiger partial charge < -0.3 is 5.32 Å². The van der Waals surface area contributed by atoms with Gasteiger partial charge in [0.1, 0.15) is 0 Å². The molecule has 1 aromatic carbocycles. The average molecular weight is 356 g/mol. The molecule has 0 fully saturated rings. The Hall–Kier alpha value is -1.40. The fourth-order valence-electron chi connectivity index (χ4n) is 1.65. The molecule has 1 heterocycles. The zero-order valence-corrected chi connectivity index (χ0v) is 13.6. The number of rotatable bonds is 3. The summed E-state index contributed by atoms with van der Waals surface area (Å²) < 4.78 is 26.6. The molecule has 0 radical (unpaired) electrons. The van der Waals surface area contributed by atoms with Crippen LogP contribution < -0.4 is 5.32 Å². The van der Waals surface area contributed by atoms with Crippen molar-refractivity contribution in [1.29, 1.82) is 0 Å². The number of hydrogen-bond donors (Lipinski definition) is 1. The molecule has 2 aromatic rings. The predicted molar refractivity (Wildman–Crippen MR) is 81.7 cm³/mol. The van der Waals surface area contributed by atoms with E-state index < -0.39 is 11.6 Å². The van der Waals surface area contributed by atoms with E-state index in [1.807, 2.05) is 0 Å². The van der Waals surface area contributed by atoms with Gasteiger partial charge >= 0.3 is 0 Å². The number of nitrogens with zero attached hydrogens (tertiary/aromatic N) is 2. The molecule has 112 valence electrons. The molecule has 0 aliphatic carbocycles. The van der Waals surface area contributed by atoms with Crippen LogP contribution in [0.1, 0.15) is 26.3 Å². The highest BCUT2D eigenvalue weighted by Gasteiger charge is 2.14. The highest BCUT2D eigenvalue weighted by molar-refractivity contribution is 9.10. The van der Waals surface area contributed by atoms with Crippen molar-refractivity contribution in [3.05, 3.63) is 46.2 Å². The highest BCUT2D eigenvalue weighted by atomic mass is 79.9. The van der Waals surface area contributed by atoms with E-state index in [4.69, 9.17) is 0 Å². The summed E-state index contributed by atoms with van der Waals surface area (Å²) in [6.45, 7) is 6.85. The number of hydrogen-bond acceptors (Lipinski definition) is 3. The van der Waals surface area contributed by atoms with E-state index in [9.17, 15) is 8.78 Å². The van der Waals surface area contributed by atoms with Gasteiger partial charge in [-0.3, -0.25) is 0 Å². The molecule has 6 heteroatoms. The minimum absolute atomic E-state index is 0.00177. The van der Waals surface area contributed by atoms with Crippen LogP contribution in [-0.2, 0) is 6.54 Å². The van der Waals surface area contributed by atoms with Gasteiger partial charge in [-0.05, 0) is 48.8 Å². The van der Waals surface area contributed by atoms with E-state index in [0.717, 1.165) is 11.6 Å². The minimum Gasteiger partial charge on any atom is -0.308 e. The van der Waals surface area contributed by atoms with Crippen LogP contribution in [0.2, 0.25) is 0 Å². The molecule has 0 spiro atoms. The first-order valence-electron chi connectivity index (χ1n) is 6.48. The Balaban J connectivity index is 2.22. The average Bonchev–Trinajstić information content (AvgIpc) is 2.43. The second-order valence-corrected chi connectivity index (χ2v) is 6.53. The molecule has 0 saturated heterocycles. The van der Waals surface area contributed by atoms with Crippen molar-refractivity contribution in [2.24, 2.45) is 0 Å². The van der Waals surface area contributed by atoms with Gasteiger partial charge in [-0.2, -0.15) is 0 Å². The van der Waals surface area contributed by atoms with Gasteiger partial charge in [-0.1, -0.05) is 0 Å². The molecule has 0 unspecified atom stereocenters. The predicted octanol–water partition coefficient (Wildman–Crippen LogP) is 4.07. The van der Waals surface area contributed by atoms with Crippen LogP contribution in [-0.4, -0.2) is 15.5 Å². The standard InChI is InChI=1S/C15H16BrF2N3/c1-15(2,3)21-8-9-6-19-14(20-7-9)10-4-5-11(17)13(18)12(10)16/h4-7,21H,8H2,1-3H3. The van der Waals surface area contributed by atoms with Crippen molar-refractivity contribution in [1.82, 2.24) is 15.3 Å². The largest absolute Gasteiger partial charge is 0.308 e. The van der Waals surface area contributed by atoms with E-state index in [0.29, 0.717) is 17.9 Å². The zero-order valence-electron chi connectivity index (χ0n) is 12.0. The fourth-order valence-corrected chi connectivity index (χ4v) is 2.15. The van der Waals surface area contributed by atoms with Crippen LogP contribution in [0, 0.1) is 11.6 Å². The minimum atomic E-state index is -0.936. The number of aromatic nitrogens is 2. The maximum atomic E-state index is 13.5. The molecule has 21 heavy (non-hydrogen) atoms. The van der Waals surface area contributed by atoms with Crippen LogP contribution in [0.15, 0.2) is 29.0 Å². The van der Waals surface area contributed by atoms with E-state index in [1.54, 1.807) is 12.4 Å². The quantitative estimate of drug-likeness (QED) is 0.843. The van der Waals surface area contributed by atoms with E-state index >= 15 is 0 Å². The lowest BCUT2D eigenvalue weighted by atomic mass is 10.1. The Bertz CT molecular complexity index is 637. The molecule has 0 aliphatic heterocycles. The van der Waals surface area contributed by atoms with Gasteiger partial charge in [-0.25, -0.2) is 18.7 Å². The second-order valence-electron chi connectivity index (χ2n) is 5.74. The lowest BCUT2D eigenvalue weighted by Crippen LogP contribution is -2.35. The molecular weight excluding hydrogens is 340 g/mol. The van der Waals surface area contributed by atoms with E-state index in [-0.39, 0.29) is 10.0 Å². The summed E-state index contributed by atoms with van der Waals surface area (Å²) in [4.78, 5) is 8.42. The summed E-state index contributed by atoms with van der Waals surface area (Å²) in [6, 6.07) is 2.51. The van der Waals surface area contributed by atoms with E-state index in [2.05, 4.69) is 52.0 Å². The molecular formula is C15H16BrF2N3. The molecule has 0 saturated carbocycles. The molecule has 1 aromatic heterocycles. The monoisotopic (exact) mass is 355 g/mol. The van der Waals surface area contributed by atoms with Crippen LogP contribution in [0.5, 0.6) is 0 Å². The van der Waals surface area contributed by atoms with Crippen molar-refractivity contribution in [2.45, 2.75) is 32.9 Å². The Morgan fingerprint density at radius 2 is 1.76 bits per heavy atom. The Labute approximate surface area is 131 Å². The fraction of sp³-hybridized carbons (Fsp3) is 0.333. The summed E-state index contributed by atoms with van der Waals surface area (Å²) in [6.07, 6.45) is 3.35. The third-order valence-corrected chi connectivity index (χ3v) is 3.58. The summed E-state index contributed by atoms with van der Waals surface area (Å²) in [7, 11) is 0. The lowest BCUT2D eigenvalue weighted by Gasteiger charge is -2.20. The summed E-state index contributed by atoms with van der Waals surface area (Å²) >= 11 is 3.04. The van der Waals surface area contributed by atoms with Crippen molar-refractivity contribution in [2.75, 3.05) is 0 Å². The van der Waals surface area contributed by atoms with Crippen LogP contribution in [0.3, 0.4) is 0 Å². The van der Waals surface area contributed by atoms with Gasteiger partial charge in [0.2, 0.25) is 0 Å². The number of nitrogens with one attached hydrogen (secondary N) is 1. The lowest BCUT2D eigenvalue weighted by molar-refractivity contribution is 0.423. The van der Waals surface area contributed by atoms with Crippen molar-refractivity contribution >= 4 is 15.9 Å². The maximum absolute atomic E-state index is 13.5. The molecule has 2 rings (SSSR count). The molecule has 0 atom stereocenters. The van der Waals surface area contributed by atoms with Gasteiger partial charge in [-0.15, -0.1) is 0 Å². The third kappa shape index (κ3) is 4.04. The Kier molecular flexibility index (Phi) is 4.68. The molecule has 0 bridgehead atoms. The van der Waals surface area contributed by atoms with Crippen molar-refractivity contribution < 1.29 is 8.78 Å². The van der Waals surface area contributed by atoms with Crippen LogP contribution in [0.25, 0.3) is 11.4 Å². The molecule has 0 amide bonds. The molecule has 3 nitrogen and oxygen atoms in total. The molecule has 0 aliphatic rings. The summed E-state index contributed by atoms with van der Waals surface area (Å²) in [5.74, 6) is -1.49. The Morgan fingerprint density at radius 3 is 2.33 bits per heavy atom. The van der Waals surface area contributed by atoms with Crippen LogP contribution >= 0.6 is 15.9 Å². The first-order chi connectivity index (χ1) is 9.78. The van der Waals surface area contributed by atoms with Crippen LogP contribution in [0.4, 0.5) is 8.78 Å². The summed E-state index contributed by atoms with van der Waals surface area (Å²) in [5.41, 5.74) is 1.35. The topological polar surface area (TPSA) is 37.8 Å². The second kappa shape index (κ2) is 6.15. The first-order valence-corrected chi connectivity index (χ1v) is 7.27. The summed E-state index contributed by atoms with van der Waals surface area (Å²) in [5, 5.41) is 3.33. The number of halogens is 3. The normalized spacial score (nSPS) is 11.7. The van der Waals surface area contributed by atoms with Crippen molar-refractivity contribution in [3.63, 3.8) is 0 Å². The van der Waals surface area contributed by atoms with E-state index in [1.165, 1.54) is 6.07 Å². The first kappa shape index (κ1) is 16.0. The van der Waals surface area contributed by atoms with Gasteiger partial charge in [0, 0.05) is 35.6 Å². The molecule has 1 N–H and O–H groups in total. The maximum Gasteiger partial charge on any atom is 0.173 e. The highest BCUT2D eigenvalue weighted by Crippen LogP contribution is 2.29. The van der Waals surface area contributed by atoms with Crippen molar-refractivity contribution in [3.8, 4) is 11.4 Å². The van der Waals surface area contributed by atoms with Gasteiger partial charge in [0.15, 0.2) is 17.5 Å². The number of benzene rings is 1. The third-order valence-electron chi connectivity index (χ3n) is 2.80.